The number of rotatable bonds is 2. The van der Waals surface area contributed by atoms with E-state index in [1.807, 2.05) is 13.0 Å². The predicted octanol–water partition coefficient (Wildman–Crippen LogP) is 5.16. The van der Waals surface area contributed by atoms with Gasteiger partial charge in [0.15, 0.2) is 0 Å². The molecule has 1 aliphatic heterocycles. The van der Waals surface area contributed by atoms with Gasteiger partial charge in [0.2, 0.25) is 0 Å². The van der Waals surface area contributed by atoms with Crippen molar-refractivity contribution in [2.45, 2.75) is 25.8 Å². The molecule has 0 spiro atoms. The van der Waals surface area contributed by atoms with Gasteiger partial charge in [-0.25, -0.2) is 9.18 Å². The molecule has 1 atom stereocenters. The van der Waals surface area contributed by atoms with Gasteiger partial charge in [-0.1, -0.05) is 35.9 Å². The minimum absolute atomic E-state index is 0.221. The van der Waals surface area contributed by atoms with E-state index in [4.69, 9.17) is 11.6 Å². The van der Waals surface area contributed by atoms with Crippen LogP contribution in [0.3, 0.4) is 0 Å². The minimum atomic E-state index is -0.267. The van der Waals surface area contributed by atoms with Crippen LogP contribution in [0.1, 0.15) is 30.0 Å². The molecule has 0 aliphatic carbocycles. The third-order valence-corrected chi connectivity index (χ3v) is 4.70. The Morgan fingerprint density at radius 2 is 2.04 bits per heavy atom. The van der Waals surface area contributed by atoms with E-state index in [0.29, 0.717) is 22.8 Å². The van der Waals surface area contributed by atoms with Crippen molar-refractivity contribution in [3.05, 3.63) is 64.4 Å². The number of carbonyl (C=O) groups is 1. The maximum atomic E-state index is 14.0. The first-order valence-electron chi connectivity index (χ1n) is 7.65. The van der Waals surface area contributed by atoms with E-state index in [2.05, 4.69) is 5.32 Å². The SMILES string of the molecule is Cc1c(Cl)cccc1NC(=O)N1CCC[C@H]1c1ccccc1F. The van der Waals surface area contributed by atoms with Crippen LogP contribution < -0.4 is 5.32 Å². The number of hydrogen-bond acceptors (Lipinski definition) is 1. The molecule has 0 bridgehead atoms. The maximum absolute atomic E-state index is 14.0. The summed E-state index contributed by atoms with van der Waals surface area (Å²) < 4.78 is 14.0. The Balaban J connectivity index is 1.81. The molecule has 3 rings (SSSR count). The van der Waals surface area contributed by atoms with E-state index in [1.165, 1.54) is 6.07 Å². The molecule has 0 saturated carbocycles. The summed E-state index contributed by atoms with van der Waals surface area (Å²) in [5.41, 5.74) is 2.08. The molecule has 2 amide bonds. The van der Waals surface area contributed by atoms with E-state index < -0.39 is 0 Å². The summed E-state index contributed by atoms with van der Waals surface area (Å²) in [6.45, 7) is 2.47. The lowest BCUT2D eigenvalue weighted by atomic mass is 10.0. The standard InChI is InChI=1S/C18H18ClFN2O/c1-12-14(19)7-4-9-16(12)21-18(23)22-11-5-10-17(22)13-6-2-3-8-15(13)20/h2-4,6-9,17H,5,10-11H2,1H3,(H,21,23)/t17-/m0/s1. The van der Waals surface area contributed by atoms with Crippen LogP contribution in [-0.2, 0) is 0 Å². The molecule has 5 heteroatoms. The van der Waals surface area contributed by atoms with Gasteiger partial charge in [0, 0.05) is 22.8 Å². The zero-order valence-electron chi connectivity index (χ0n) is 12.9. The smallest absolute Gasteiger partial charge is 0.317 e. The number of nitrogens with zero attached hydrogens (tertiary/aromatic N) is 1. The van der Waals surface area contributed by atoms with Crippen LogP contribution in [0.25, 0.3) is 0 Å². The lowest BCUT2D eigenvalue weighted by molar-refractivity contribution is 0.206. The Morgan fingerprint density at radius 1 is 1.26 bits per heavy atom. The van der Waals surface area contributed by atoms with Gasteiger partial charge < -0.3 is 10.2 Å². The van der Waals surface area contributed by atoms with Gasteiger partial charge in [-0.15, -0.1) is 0 Å². The Labute approximate surface area is 140 Å². The van der Waals surface area contributed by atoms with Gasteiger partial charge in [0.25, 0.3) is 0 Å². The first-order chi connectivity index (χ1) is 11.1. The van der Waals surface area contributed by atoms with Crippen molar-refractivity contribution in [2.24, 2.45) is 0 Å². The molecule has 3 nitrogen and oxygen atoms in total. The molecule has 2 aromatic rings. The molecular weight excluding hydrogens is 315 g/mol. The molecule has 120 valence electrons. The fourth-order valence-electron chi connectivity index (χ4n) is 3.01. The average molecular weight is 333 g/mol. The normalized spacial score (nSPS) is 17.3. The van der Waals surface area contributed by atoms with Crippen LogP contribution >= 0.6 is 11.6 Å². The summed E-state index contributed by atoms with van der Waals surface area (Å²) in [5, 5.41) is 3.50. The zero-order valence-corrected chi connectivity index (χ0v) is 13.6. The van der Waals surface area contributed by atoms with Gasteiger partial charge in [-0.2, -0.15) is 0 Å². The number of benzene rings is 2. The number of nitrogens with one attached hydrogen (secondary N) is 1. The number of urea groups is 1. The fraction of sp³-hybridized carbons (Fsp3) is 0.278. The molecule has 0 aromatic heterocycles. The summed E-state index contributed by atoms with van der Waals surface area (Å²) >= 11 is 6.09. The number of likely N-dealkylation sites (tertiary alicyclic amines) is 1. The molecule has 2 aromatic carbocycles. The lowest BCUT2D eigenvalue weighted by Gasteiger charge is -2.26. The monoisotopic (exact) mass is 332 g/mol. The predicted molar refractivity (Wildman–Crippen MR) is 90.3 cm³/mol. The number of halogens is 2. The van der Waals surface area contributed by atoms with E-state index in [9.17, 15) is 9.18 Å². The molecule has 1 fully saturated rings. The number of hydrogen-bond donors (Lipinski definition) is 1. The van der Waals surface area contributed by atoms with Crippen molar-refractivity contribution < 1.29 is 9.18 Å². The van der Waals surface area contributed by atoms with E-state index >= 15 is 0 Å². The Morgan fingerprint density at radius 3 is 2.83 bits per heavy atom. The Hall–Kier alpha value is -2.07. The zero-order chi connectivity index (χ0) is 16.4. The molecular formula is C18H18ClFN2O. The summed E-state index contributed by atoms with van der Waals surface area (Å²) in [5.74, 6) is -0.267. The summed E-state index contributed by atoms with van der Waals surface area (Å²) in [7, 11) is 0. The van der Waals surface area contributed by atoms with Crippen LogP contribution in [0.4, 0.5) is 14.9 Å². The van der Waals surface area contributed by atoms with Crippen LogP contribution in [-0.4, -0.2) is 17.5 Å². The minimum Gasteiger partial charge on any atom is -0.317 e. The van der Waals surface area contributed by atoms with Gasteiger partial charge >= 0.3 is 6.03 Å². The van der Waals surface area contributed by atoms with E-state index in [0.717, 1.165) is 18.4 Å². The van der Waals surface area contributed by atoms with Crippen LogP contribution in [0.15, 0.2) is 42.5 Å². The fourth-order valence-corrected chi connectivity index (χ4v) is 3.18. The van der Waals surface area contributed by atoms with Crippen LogP contribution in [0, 0.1) is 12.7 Å². The molecule has 0 unspecified atom stereocenters. The first-order valence-corrected chi connectivity index (χ1v) is 8.03. The van der Waals surface area contributed by atoms with Crippen molar-refractivity contribution in [1.29, 1.82) is 0 Å². The van der Waals surface area contributed by atoms with E-state index in [1.54, 1.807) is 35.2 Å². The highest BCUT2D eigenvalue weighted by Crippen LogP contribution is 2.34. The van der Waals surface area contributed by atoms with E-state index in [-0.39, 0.29) is 17.9 Å². The largest absolute Gasteiger partial charge is 0.322 e. The number of carbonyl (C=O) groups excluding carboxylic acids is 1. The van der Waals surface area contributed by atoms with Gasteiger partial charge in [-0.05, 0) is 43.5 Å². The summed E-state index contributed by atoms with van der Waals surface area (Å²) in [6.07, 6.45) is 1.63. The number of anilines is 1. The van der Waals surface area contributed by atoms with Crippen molar-refractivity contribution in [3.8, 4) is 0 Å². The number of amides is 2. The average Bonchev–Trinajstić information content (AvgIpc) is 3.02. The molecule has 23 heavy (non-hydrogen) atoms. The lowest BCUT2D eigenvalue weighted by Crippen LogP contribution is -2.35. The molecule has 1 N–H and O–H groups in total. The van der Waals surface area contributed by atoms with Crippen molar-refractivity contribution in [1.82, 2.24) is 4.90 Å². The van der Waals surface area contributed by atoms with Gasteiger partial charge in [0.1, 0.15) is 5.82 Å². The molecule has 1 aliphatic rings. The van der Waals surface area contributed by atoms with Crippen LogP contribution in [0.5, 0.6) is 0 Å². The maximum Gasteiger partial charge on any atom is 0.322 e. The Bertz CT molecular complexity index is 735. The van der Waals surface area contributed by atoms with Crippen molar-refractivity contribution in [3.63, 3.8) is 0 Å². The molecule has 1 saturated heterocycles. The summed E-state index contributed by atoms with van der Waals surface area (Å²) in [4.78, 5) is 14.3. The highest BCUT2D eigenvalue weighted by molar-refractivity contribution is 6.31. The molecule has 0 radical (unpaired) electrons. The highest BCUT2D eigenvalue weighted by atomic mass is 35.5. The third kappa shape index (κ3) is 3.17. The quantitative estimate of drug-likeness (QED) is 0.809. The van der Waals surface area contributed by atoms with Gasteiger partial charge in [0.05, 0.1) is 6.04 Å². The van der Waals surface area contributed by atoms with Gasteiger partial charge in [-0.3, -0.25) is 0 Å². The highest BCUT2D eigenvalue weighted by Gasteiger charge is 2.31. The second-order valence-electron chi connectivity index (χ2n) is 5.72. The topological polar surface area (TPSA) is 32.3 Å². The summed E-state index contributed by atoms with van der Waals surface area (Å²) in [6, 6.07) is 11.6. The Kier molecular flexibility index (Phi) is 4.53. The van der Waals surface area contributed by atoms with Crippen molar-refractivity contribution >= 4 is 23.3 Å². The first kappa shape index (κ1) is 15.8. The second-order valence-corrected chi connectivity index (χ2v) is 6.12. The molecule has 1 heterocycles. The third-order valence-electron chi connectivity index (χ3n) is 4.29. The van der Waals surface area contributed by atoms with Crippen molar-refractivity contribution in [2.75, 3.05) is 11.9 Å². The van der Waals surface area contributed by atoms with Crippen LogP contribution in [0.2, 0.25) is 5.02 Å². The second kappa shape index (κ2) is 6.59.